The Morgan fingerprint density at radius 1 is 1.04 bits per heavy atom. The van der Waals surface area contributed by atoms with Crippen LogP contribution in [0.5, 0.6) is 0 Å². The molecule has 3 heterocycles. The first-order chi connectivity index (χ1) is 13.7. The SMILES string of the molecule is O=C(OCC(=O)N1CCCCCC1)c1cc(-c2cccs2)nc2ccccc12. The van der Waals surface area contributed by atoms with Crippen molar-refractivity contribution in [2.75, 3.05) is 19.7 Å². The maximum absolute atomic E-state index is 12.8. The molecule has 0 N–H and O–H groups in total. The molecule has 144 valence electrons. The van der Waals surface area contributed by atoms with Gasteiger partial charge in [0.05, 0.1) is 21.7 Å². The van der Waals surface area contributed by atoms with Gasteiger partial charge in [-0.25, -0.2) is 9.78 Å². The summed E-state index contributed by atoms with van der Waals surface area (Å²) in [6.07, 6.45) is 4.33. The highest BCUT2D eigenvalue weighted by molar-refractivity contribution is 7.13. The molecule has 0 bridgehead atoms. The van der Waals surface area contributed by atoms with E-state index in [2.05, 4.69) is 4.98 Å². The predicted molar refractivity (Wildman–Crippen MR) is 110 cm³/mol. The maximum Gasteiger partial charge on any atom is 0.339 e. The predicted octanol–water partition coefficient (Wildman–Crippen LogP) is 4.52. The molecule has 1 aromatic carbocycles. The van der Waals surface area contributed by atoms with Gasteiger partial charge >= 0.3 is 5.97 Å². The summed E-state index contributed by atoms with van der Waals surface area (Å²) in [4.78, 5) is 32.7. The summed E-state index contributed by atoms with van der Waals surface area (Å²) in [7, 11) is 0. The second-order valence-corrected chi connectivity index (χ2v) is 7.87. The van der Waals surface area contributed by atoms with E-state index in [1.807, 2.05) is 46.7 Å². The smallest absolute Gasteiger partial charge is 0.339 e. The van der Waals surface area contributed by atoms with Gasteiger partial charge in [-0.05, 0) is 36.4 Å². The van der Waals surface area contributed by atoms with Crippen molar-refractivity contribution in [3.8, 4) is 10.6 Å². The molecular weight excluding hydrogens is 372 g/mol. The average Bonchev–Trinajstić information content (AvgIpc) is 3.13. The Morgan fingerprint density at radius 3 is 2.57 bits per heavy atom. The number of fused-ring (bicyclic) bond motifs is 1. The van der Waals surface area contributed by atoms with Gasteiger partial charge in [-0.3, -0.25) is 4.79 Å². The Hall–Kier alpha value is -2.73. The minimum absolute atomic E-state index is 0.118. The third-order valence-corrected chi connectivity index (χ3v) is 5.89. The van der Waals surface area contributed by atoms with Crippen molar-refractivity contribution in [1.82, 2.24) is 9.88 Å². The minimum Gasteiger partial charge on any atom is -0.452 e. The molecule has 0 atom stereocenters. The highest BCUT2D eigenvalue weighted by atomic mass is 32.1. The van der Waals surface area contributed by atoms with Gasteiger partial charge in [-0.1, -0.05) is 37.1 Å². The molecule has 5 nitrogen and oxygen atoms in total. The summed E-state index contributed by atoms with van der Waals surface area (Å²) < 4.78 is 5.41. The monoisotopic (exact) mass is 394 g/mol. The van der Waals surface area contributed by atoms with Gasteiger partial charge in [0.25, 0.3) is 5.91 Å². The van der Waals surface area contributed by atoms with Crippen molar-refractivity contribution in [2.45, 2.75) is 25.7 Å². The summed E-state index contributed by atoms with van der Waals surface area (Å²) in [5.74, 6) is -0.605. The lowest BCUT2D eigenvalue weighted by atomic mass is 10.1. The van der Waals surface area contributed by atoms with Crippen LogP contribution in [0.25, 0.3) is 21.5 Å². The molecule has 28 heavy (non-hydrogen) atoms. The second-order valence-electron chi connectivity index (χ2n) is 6.92. The van der Waals surface area contributed by atoms with Crippen LogP contribution in [0.2, 0.25) is 0 Å². The van der Waals surface area contributed by atoms with Crippen molar-refractivity contribution < 1.29 is 14.3 Å². The molecule has 4 rings (SSSR count). The lowest BCUT2D eigenvalue weighted by Gasteiger charge is -2.20. The van der Waals surface area contributed by atoms with Gasteiger partial charge in [0.15, 0.2) is 6.61 Å². The molecule has 1 aliphatic rings. The highest BCUT2D eigenvalue weighted by Gasteiger charge is 2.20. The van der Waals surface area contributed by atoms with E-state index in [-0.39, 0.29) is 12.5 Å². The first-order valence-corrected chi connectivity index (χ1v) is 10.5. The molecule has 0 saturated carbocycles. The lowest BCUT2D eigenvalue weighted by molar-refractivity contribution is -0.134. The van der Waals surface area contributed by atoms with Crippen LogP contribution in [0.15, 0.2) is 47.8 Å². The second kappa shape index (κ2) is 8.52. The van der Waals surface area contributed by atoms with Crippen LogP contribution < -0.4 is 0 Å². The summed E-state index contributed by atoms with van der Waals surface area (Å²) in [6.45, 7) is 1.28. The number of carbonyl (C=O) groups is 2. The molecule has 1 aliphatic heterocycles. The number of pyridine rings is 1. The molecule has 3 aromatic rings. The van der Waals surface area contributed by atoms with Crippen LogP contribution in [0.3, 0.4) is 0 Å². The number of benzene rings is 1. The van der Waals surface area contributed by atoms with Gasteiger partial charge in [0.1, 0.15) is 0 Å². The number of rotatable bonds is 4. The van der Waals surface area contributed by atoms with E-state index >= 15 is 0 Å². The van der Waals surface area contributed by atoms with E-state index in [9.17, 15) is 9.59 Å². The van der Waals surface area contributed by atoms with E-state index in [1.165, 1.54) is 0 Å². The summed E-state index contributed by atoms with van der Waals surface area (Å²) in [5, 5.41) is 2.71. The van der Waals surface area contributed by atoms with E-state index in [0.29, 0.717) is 5.56 Å². The largest absolute Gasteiger partial charge is 0.452 e. The Labute approximate surface area is 168 Å². The third kappa shape index (κ3) is 4.07. The standard InChI is InChI=1S/C22H22N2O3S/c25-21(24-11-5-1-2-6-12-24)15-27-22(26)17-14-19(20-10-7-13-28-20)23-18-9-4-3-8-16(17)18/h3-4,7-10,13-14H,1-2,5-6,11-12,15H2. The van der Waals surface area contributed by atoms with Gasteiger partial charge in [-0.15, -0.1) is 11.3 Å². The van der Waals surface area contributed by atoms with E-state index in [1.54, 1.807) is 17.4 Å². The zero-order valence-electron chi connectivity index (χ0n) is 15.6. The molecular formula is C22H22N2O3S. The fraction of sp³-hybridized carbons (Fsp3) is 0.318. The molecule has 1 saturated heterocycles. The number of thiophene rings is 1. The van der Waals surface area contributed by atoms with Crippen molar-refractivity contribution >= 4 is 34.1 Å². The van der Waals surface area contributed by atoms with Gasteiger partial charge in [-0.2, -0.15) is 0 Å². The van der Waals surface area contributed by atoms with Crippen molar-refractivity contribution in [2.24, 2.45) is 0 Å². The number of para-hydroxylation sites is 1. The quantitative estimate of drug-likeness (QED) is 0.611. The molecule has 6 heteroatoms. The van der Waals surface area contributed by atoms with Crippen LogP contribution in [-0.4, -0.2) is 41.5 Å². The van der Waals surface area contributed by atoms with Crippen LogP contribution in [0.4, 0.5) is 0 Å². The molecule has 0 radical (unpaired) electrons. The molecule has 1 amide bonds. The number of likely N-dealkylation sites (tertiary alicyclic amines) is 1. The molecule has 0 unspecified atom stereocenters. The number of aromatic nitrogens is 1. The molecule has 0 spiro atoms. The zero-order valence-corrected chi connectivity index (χ0v) is 16.4. The molecule has 0 aliphatic carbocycles. The Balaban J connectivity index is 1.55. The first kappa shape index (κ1) is 18.6. The lowest BCUT2D eigenvalue weighted by Crippen LogP contribution is -2.35. The van der Waals surface area contributed by atoms with Crippen molar-refractivity contribution in [1.29, 1.82) is 0 Å². The fourth-order valence-electron chi connectivity index (χ4n) is 3.51. The van der Waals surface area contributed by atoms with Crippen molar-refractivity contribution in [3.05, 3.63) is 53.4 Å². The number of amides is 1. The first-order valence-electron chi connectivity index (χ1n) is 9.61. The minimum atomic E-state index is -0.487. The highest BCUT2D eigenvalue weighted by Crippen LogP contribution is 2.28. The van der Waals surface area contributed by atoms with Gasteiger partial charge in [0.2, 0.25) is 0 Å². The topological polar surface area (TPSA) is 59.5 Å². The Morgan fingerprint density at radius 2 is 1.82 bits per heavy atom. The number of hydrogen-bond acceptors (Lipinski definition) is 5. The van der Waals surface area contributed by atoms with E-state index in [0.717, 1.165) is 60.2 Å². The number of ether oxygens (including phenoxy) is 1. The summed E-state index contributed by atoms with van der Waals surface area (Å²) in [5.41, 5.74) is 1.91. The van der Waals surface area contributed by atoms with E-state index < -0.39 is 5.97 Å². The number of hydrogen-bond donors (Lipinski definition) is 0. The van der Waals surface area contributed by atoms with Gasteiger partial charge < -0.3 is 9.64 Å². The van der Waals surface area contributed by atoms with Crippen LogP contribution in [-0.2, 0) is 9.53 Å². The maximum atomic E-state index is 12.8. The Kier molecular flexibility index (Phi) is 5.67. The van der Waals surface area contributed by atoms with Crippen LogP contribution in [0, 0.1) is 0 Å². The zero-order chi connectivity index (χ0) is 19.3. The van der Waals surface area contributed by atoms with E-state index in [4.69, 9.17) is 4.74 Å². The number of nitrogens with zero attached hydrogens (tertiary/aromatic N) is 2. The number of carbonyl (C=O) groups excluding carboxylic acids is 2. The van der Waals surface area contributed by atoms with Crippen LogP contribution in [0.1, 0.15) is 36.0 Å². The third-order valence-electron chi connectivity index (χ3n) is 5.00. The normalized spacial score (nSPS) is 14.6. The summed E-state index contributed by atoms with van der Waals surface area (Å²) in [6, 6.07) is 13.2. The fourth-order valence-corrected chi connectivity index (χ4v) is 4.20. The van der Waals surface area contributed by atoms with Gasteiger partial charge in [0, 0.05) is 18.5 Å². The average molecular weight is 394 g/mol. The molecule has 1 fully saturated rings. The van der Waals surface area contributed by atoms with Crippen molar-refractivity contribution in [3.63, 3.8) is 0 Å². The molecule has 2 aromatic heterocycles. The van der Waals surface area contributed by atoms with Crippen LogP contribution >= 0.6 is 11.3 Å². The summed E-state index contributed by atoms with van der Waals surface area (Å²) >= 11 is 1.57. The number of esters is 1. The Bertz CT molecular complexity index is 977.